The fourth-order valence-electron chi connectivity index (χ4n) is 4.40. The Morgan fingerprint density at radius 3 is 2.11 bits per heavy atom. The van der Waals surface area contributed by atoms with Crippen molar-refractivity contribution in [3.8, 4) is 23.0 Å². The lowest BCUT2D eigenvalue weighted by Gasteiger charge is -2.20. The summed E-state index contributed by atoms with van der Waals surface area (Å²) in [5.74, 6) is -0.684. The Hall–Kier alpha value is -3.83. The summed E-state index contributed by atoms with van der Waals surface area (Å²) in [5, 5.41) is 9.20. The fraction of sp³-hybridized carbons (Fsp3) is 0.212. The Balaban J connectivity index is 1.74. The number of alkyl halides is 3. The Morgan fingerprint density at radius 2 is 1.55 bits per heavy atom. The monoisotopic (exact) mass is 734 g/mol. The number of ether oxygens (including phenoxy) is 3. The van der Waals surface area contributed by atoms with Crippen molar-refractivity contribution in [2.75, 3.05) is 0 Å². The quantitative estimate of drug-likeness (QED) is 0.155. The van der Waals surface area contributed by atoms with Crippen LogP contribution in [0.3, 0.4) is 0 Å². The second-order valence-corrected chi connectivity index (χ2v) is 12.0. The number of aryl methyl sites for hydroxylation is 1. The molecule has 0 heterocycles. The Kier molecular flexibility index (Phi) is 10.4. The van der Waals surface area contributed by atoms with Crippen molar-refractivity contribution in [1.82, 2.24) is 0 Å². The molecule has 4 rings (SSSR count). The second kappa shape index (κ2) is 13.9. The van der Waals surface area contributed by atoms with E-state index in [4.69, 9.17) is 9.47 Å². The molecule has 0 spiro atoms. The van der Waals surface area contributed by atoms with Crippen molar-refractivity contribution in [2.45, 2.75) is 46.1 Å². The van der Waals surface area contributed by atoms with Crippen molar-refractivity contribution in [3.63, 3.8) is 0 Å². The molecule has 0 aliphatic carbocycles. The standard InChI is InChI=1S/C33H27Br2F3O6/c1-18(2)24-15-29(43-32-26(34)12-21(13-27(32)35)14-30(39)40)25(31(41)22-6-4-5-19(3)11-22)16-28(24)42-17-20-7-9-23(10-8-20)44-33(36,37)38/h4-13,15-16,18H,14,17H2,1-3H3,(H,39,40). The number of hydrogen-bond donors (Lipinski definition) is 1. The Morgan fingerprint density at radius 1 is 0.886 bits per heavy atom. The maximum atomic E-state index is 13.9. The van der Waals surface area contributed by atoms with E-state index in [0.29, 0.717) is 37.1 Å². The highest BCUT2D eigenvalue weighted by atomic mass is 79.9. The number of ketones is 1. The maximum absolute atomic E-state index is 13.9. The lowest BCUT2D eigenvalue weighted by molar-refractivity contribution is -0.274. The average molecular weight is 736 g/mol. The molecular weight excluding hydrogens is 709 g/mol. The van der Waals surface area contributed by atoms with Crippen LogP contribution < -0.4 is 14.2 Å². The zero-order chi connectivity index (χ0) is 32.2. The molecule has 230 valence electrons. The van der Waals surface area contributed by atoms with E-state index in [-0.39, 0.29) is 41.8 Å². The smallest absolute Gasteiger partial charge is 0.489 e. The molecule has 0 unspecified atom stereocenters. The number of hydrogen-bond acceptors (Lipinski definition) is 5. The molecule has 11 heteroatoms. The highest BCUT2D eigenvalue weighted by molar-refractivity contribution is 9.11. The van der Waals surface area contributed by atoms with Gasteiger partial charge in [0.15, 0.2) is 11.5 Å². The van der Waals surface area contributed by atoms with E-state index in [1.165, 1.54) is 24.3 Å². The third-order valence-electron chi connectivity index (χ3n) is 6.44. The first-order valence-corrected chi connectivity index (χ1v) is 14.9. The molecule has 0 aromatic heterocycles. The molecule has 44 heavy (non-hydrogen) atoms. The predicted molar refractivity (Wildman–Crippen MR) is 166 cm³/mol. The largest absolute Gasteiger partial charge is 0.573 e. The molecule has 0 saturated heterocycles. The molecular formula is C33H27Br2F3O6. The first-order chi connectivity index (χ1) is 20.7. The second-order valence-electron chi connectivity index (χ2n) is 10.3. The minimum atomic E-state index is -4.79. The molecule has 0 aliphatic heterocycles. The summed E-state index contributed by atoms with van der Waals surface area (Å²) in [5.41, 5.74) is 3.42. The van der Waals surface area contributed by atoms with Gasteiger partial charge in [-0.15, -0.1) is 13.2 Å². The SMILES string of the molecule is Cc1cccc(C(=O)c2cc(OCc3ccc(OC(F)(F)F)cc3)c(C(C)C)cc2Oc2c(Br)cc(CC(=O)O)cc2Br)c1. The summed E-state index contributed by atoms with van der Waals surface area (Å²) >= 11 is 6.93. The fourth-order valence-corrected chi connectivity index (χ4v) is 5.84. The summed E-state index contributed by atoms with van der Waals surface area (Å²) in [4.78, 5) is 25.1. The van der Waals surface area contributed by atoms with Gasteiger partial charge >= 0.3 is 12.3 Å². The number of aliphatic carboxylic acids is 1. The van der Waals surface area contributed by atoms with Gasteiger partial charge in [-0.1, -0.05) is 49.7 Å². The van der Waals surface area contributed by atoms with Crippen molar-refractivity contribution in [1.29, 1.82) is 0 Å². The van der Waals surface area contributed by atoms with Gasteiger partial charge in [-0.3, -0.25) is 9.59 Å². The third-order valence-corrected chi connectivity index (χ3v) is 7.61. The van der Waals surface area contributed by atoms with Gasteiger partial charge in [0.05, 0.1) is 20.9 Å². The number of benzene rings is 4. The van der Waals surface area contributed by atoms with E-state index < -0.39 is 12.3 Å². The van der Waals surface area contributed by atoms with Crippen LogP contribution in [0.5, 0.6) is 23.0 Å². The maximum Gasteiger partial charge on any atom is 0.573 e. The lowest BCUT2D eigenvalue weighted by atomic mass is 9.95. The Bertz CT molecular complexity index is 1660. The molecule has 0 saturated carbocycles. The van der Waals surface area contributed by atoms with Gasteiger partial charge in [0.25, 0.3) is 0 Å². The van der Waals surface area contributed by atoms with E-state index in [2.05, 4.69) is 36.6 Å². The van der Waals surface area contributed by atoms with Gasteiger partial charge in [0.2, 0.25) is 0 Å². The van der Waals surface area contributed by atoms with Gasteiger partial charge in [-0.25, -0.2) is 0 Å². The van der Waals surface area contributed by atoms with Crippen LogP contribution in [0.2, 0.25) is 0 Å². The predicted octanol–water partition coefficient (Wildman–Crippen LogP) is 9.77. The van der Waals surface area contributed by atoms with Gasteiger partial charge in [-0.05, 0) is 98.3 Å². The van der Waals surface area contributed by atoms with Crippen LogP contribution in [0.25, 0.3) is 0 Å². The zero-order valence-electron chi connectivity index (χ0n) is 23.8. The van der Waals surface area contributed by atoms with E-state index in [9.17, 15) is 27.9 Å². The summed E-state index contributed by atoms with van der Waals surface area (Å²) in [7, 11) is 0. The van der Waals surface area contributed by atoms with Gasteiger partial charge in [0, 0.05) is 11.1 Å². The minimum absolute atomic E-state index is 0.0203. The first kappa shape index (κ1) is 33.1. The molecule has 0 amide bonds. The van der Waals surface area contributed by atoms with Crippen LogP contribution in [-0.2, 0) is 17.8 Å². The topological polar surface area (TPSA) is 82.1 Å². The summed E-state index contributed by atoms with van der Waals surface area (Å²) in [6.07, 6.45) is -4.98. The van der Waals surface area contributed by atoms with Crippen LogP contribution in [0.1, 0.15) is 57.9 Å². The van der Waals surface area contributed by atoms with Gasteiger partial charge in [0.1, 0.15) is 23.9 Å². The summed E-state index contributed by atoms with van der Waals surface area (Å²) in [6.45, 7) is 5.79. The highest BCUT2D eigenvalue weighted by Gasteiger charge is 2.31. The van der Waals surface area contributed by atoms with E-state index in [1.807, 2.05) is 26.8 Å². The van der Waals surface area contributed by atoms with Crippen LogP contribution in [0.15, 0.2) is 81.7 Å². The molecule has 0 bridgehead atoms. The molecule has 0 fully saturated rings. The molecule has 0 atom stereocenters. The van der Waals surface area contributed by atoms with Crippen molar-refractivity contribution in [2.24, 2.45) is 0 Å². The van der Waals surface area contributed by atoms with Crippen molar-refractivity contribution in [3.05, 3.63) is 115 Å². The molecule has 1 N–H and O–H groups in total. The molecule has 6 nitrogen and oxygen atoms in total. The third kappa shape index (κ3) is 8.63. The normalized spacial score (nSPS) is 11.4. The number of rotatable bonds is 11. The molecule has 4 aromatic carbocycles. The van der Waals surface area contributed by atoms with Crippen LogP contribution in [-0.4, -0.2) is 23.2 Å². The Labute approximate surface area is 269 Å². The molecule has 0 aliphatic rings. The number of halogens is 5. The number of carbonyl (C=O) groups excluding carboxylic acids is 1. The van der Waals surface area contributed by atoms with Crippen molar-refractivity contribution < 1.29 is 42.1 Å². The number of carboxylic acids is 1. The number of carbonyl (C=O) groups is 2. The first-order valence-electron chi connectivity index (χ1n) is 13.3. The highest BCUT2D eigenvalue weighted by Crippen LogP contribution is 2.42. The van der Waals surface area contributed by atoms with Gasteiger partial charge < -0.3 is 19.3 Å². The van der Waals surface area contributed by atoms with Crippen LogP contribution >= 0.6 is 31.9 Å². The van der Waals surface area contributed by atoms with E-state index in [1.54, 1.807) is 42.5 Å². The van der Waals surface area contributed by atoms with Crippen LogP contribution in [0.4, 0.5) is 13.2 Å². The zero-order valence-corrected chi connectivity index (χ0v) is 27.0. The van der Waals surface area contributed by atoms with Gasteiger partial charge in [-0.2, -0.15) is 0 Å². The lowest BCUT2D eigenvalue weighted by Crippen LogP contribution is -2.17. The number of carboxylic acid groups (broad SMARTS) is 1. The van der Waals surface area contributed by atoms with Crippen molar-refractivity contribution >= 4 is 43.6 Å². The molecule has 0 radical (unpaired) electrons. The van der Waals surface area contributed by atoms with E-state index >= 15 is 0 Å². The van der Waals surface area contributed by atoms with E-state index in [0.717, 1.165) is 11.1 Å². The van der Waals surface area contributed by atoms with Crippen LogP contribution in [0, 0.1) is 6.92 Å². The summed E-state index contributed by atoms with van der Waals surface area (Å²) in [6, 6.07) is 19.1. The summed E-state index contributed by atoms with van der Waals surface area (Å²) < 4.78 is 55.0. The average Bonchev–Trinajstić information content (AvgIpc) is 2.93. The molecule has 4 aromatic rings. The minimum Gasteiger partial charge on any atom is -0.489 e.